The molecule has 0 bridgehead atoms. The SMILES string of the molecule is Cc1nccn1CCn1cc(-c2ccccc2N)cn1. The van der Waals surface area contributed by atoms with Crippen LogP contribution in [0.4, 0.5) is 5.69 Å². The number of hydrogen-bond donors (Lipinski definition) is 1. The fourth-order valence-corrected chi connectivity index (χ4v) is 2.24. The van der Waals surface area contributed by atoms with E-state index in [1.807, 2.05) is 60.7 Å². The number of aryl methyl sites for hydroxylation is 3. The van der Waals surface area contributed by atoms with Gasteiger partial charge in [-0.05, 0) is 13.0 Å². The van der Waals surface area contributed by atoms with Crippen molar-refractivity contribution < 1.29 is 0 Å². The summed E-state index contributed by atoms with van der Waals surface area (Å²) in [5, 5.41) is 4.39. The molecule has 3 aromatic rings. The molecule has 20 heavy (non-hydrogen) atoms. The first-order valence-corrected chi connectivity index (χ1v) is 6.59. The first-order chi connectivity index (χ1) is 9.74. The lowest BCUT2D eigenvalue weighted by Crippen LogP contribution is -2.08. The second kappa shape index (κ2) is 5.21. The predicted octanol–water partition coefficient (Wildman–Crippen LogP) is 2.34. The molecule has 2 N–H and O–H groups in total. The monoisotopic (exact) mass is 267 g/mol. The van der Waals surface area contributed by atoms with Gasteiger partial charge in [-0.3, -0.25) is 4.68 Å². The Bertz CT molecular complexity index is 710. The number of para-hydroxylation sites is 1. The number of aromatic nitrogens is 4. The molecule has 5 nitrogen and oxygen atoms in total. The van der Waals surface area contributed by atoms with Gasteiger partial charge in [0, 0.05) is 41.9 Å². The summed E-state index contributed by atoms with van der Waals surface area (Å²) >= 11 is 0. The van der Waals surface area contributed by atoms with Crippen LogP contribution in [0.15, 0.2) is 49.1 Å². The number of hydrogen-bond acceptors (Lipinski definition) is 3. The van der Waals surface area contributed by atoms with Gasteiger partial charge in [0.05, 0.1) is 12.7 Å². The van der Waals surface area contributed by atoms with E-state index in [-0.39, 0.29) is 0 Å². The Hall–Kier alpha value is -2.56. The molecule has 0 radical (unpaired) electrons. The van der Waals surface area contributed by atoms with Gasteiger partial charge in [0.15, 0.2) is 0 Å². The third-order valence-electron chi connectivity index (χ3n) is 3.40. The zero-order valence-electron chi connectivity index (χ0n) is 11.4. The molecule has 0 aliphatic heterocycles. The number of nitrogens with two attached hydrogens (primary N) is 1. The van der Waals surface area contributed by atoms with E-state index >= 15 is 0 Å². The zero-order chi connectivity index (χ0) is 13.9. The number of rotatable bonds is 4. The molecule has 0 aliphatic rings. The Morgan fingerprint density at radius 3 is 2.80 bits per heavy atom. The maximum Gasteiger partial charge on any atom is 0.105 e. The summed E-state index contributed by atoms with van der Waals surface area (Å²) in [4.78, 5) is 4.21. The Kier molecular flexibility index (Phi) is 3.25. The minimum Gasteiger partial charge on any atom is -0.398 e. The predicted molar refractivity (Wildman–Crippen MR) is 79.0 cm³/mol. The van der Waals surface area contributed by atoms with Crippen molar-refractivity contribution in [1.29, 1.82) is 0 Å². The third kappa shape index (κ3) is 2.42. The van der Waals surface area contributed by atoms with Crippen LogP contribution in [-0.4, -0.2) is 19.3 Å². The molecule has 0 saturated carbocycles. The first-order valence-electron chi connectivity index (χ1n) is 6.59. The molecular formula is C15H17N5. The highest BCUT2D eigenvalue weighted by Gasteiger charge is 2.05. The fourth-order valence-electron chi connectivity index (χ4n) is 2.24. The van der Waals surface area contributed by atoms with Gasteiger partial charge in [-0.25, -0.2) is 4.98 Å². The molecule has 0 unspecified atom stereocenters. The van der Waals surface area contributed by atoms with Crippen molar-refractivity contribution in [1.82, 2.24) is 19.3 Å². The van der Waals surface area contributed by atoms with Gasteiger partial charge in [-0.2, -0.15) is 5.10 Å². The summed E-state index contributed by atoms with van der Waals surface area (Å²) in [6.07, 6.45) is 7.67. The molecule has 0 amide bonds. The number of nitrogen functional groups attached to an aromatic ring is 1. The summed E-state index contributed by atoms with van der Waals surface area (Å²) in [5.74, 6) is 1.02. The van der Waals surface area contributed by atoms with Crippen molar-refractivity contribution in [2.24, 2.45) is 0 Å². The van der Waals surface area contributed by atoms with Gasteiger partial charge >= 0.3 is 0 Å². The van der Waals surface area contributed by atoms with Crippen molar-refractivity contribution in [2.45, 2.75) is 20.0 Å². The van der Waals surface area contributed by atoms with E-state index in [4.69, 9.17) is 5.73 Å². The Labute approximate surface area is 117 Å². The van der Waals surface area contributed by atoms with E-state index in [1.165, 1.54) is 0 Å². The summed E-state index contributed by atoms with van der Waals surface area (Å²) in [6, 6.07) is 7.83. The molecule has 5 heteroatoms. The Morgan fingerprint density at radius 1 is 1.20 bits per heavy atom. The standard InChI is InChI=1S/C15H17N5/c1-12-17-6-7-19(12)8-9-20-11-13(10-18-20)14-4-2-3-5-15(14)16/h2-7,10-11H,8-9,16H2,1H3. The highest BCUT2D eigenvalue weighted by Crippen LogP contribution is 2.24. The number of nitrogens with zero attached hydrogens (tertiary/aromatic N) is 4. The van der Waals surface area contributed by atoms with E-state index in [0.29, 0.717) is 0 Å². The van der Waals surface area contributed by atoms with E-state index < -0.39 is 0 Å². The fraction of sp³-hybridized carbons (Fsp3) is 0.200. The molecule has 0 atom stereocenters. The van der Waals surface area contributed by atoms with Crippen molar-refractivity contribution in [2.75, 3.05) is 5.73 Å². The minimum atomic E-state index is 0.775. The molecular weight excluding hydrogens is 250 g/mol. The van der Waals surface area contributed by atoms with Crippen LogP contribution in [0.2, 0.25) is 0 Å². The Balaban J connectivity index is 1.74. The van der Waals surface area contributed by atoms with Crippen LogP contribution in [0.25, 0.3) is 11.1 Å². The second-order valence-electron chi connectivity index (χ2n) is 4.75. The highest BCUT2D eigenvalue weighted by molar-refractivity contribution is 5.75. The number of anilines is 1. The van der Waals surface area contributed by atoms with Crippen LogP contribution in [0, 0.1) is 6.92 Å². The molecule has 0 spiro atoms. The van der Waals surface area contributed by atoms with E-state index in [9.17, 15) is 0 Å². The average Bonchev–Trinajstić information content (AvgIpc) is 3.06. The molecule has 2 aromatic heterocycles. The van der Waals surface area contributed by atoms with Crippen molar-refractivity contribution in [3.8, 4) is 11.1 Å². The van der Waals surface area contributed by atoms with E-state index in [2.05, 4.69) is 14.6 Å². The third-order valence-corrected chi connectivity index (χ3v) is 3.40. The van der Waals surface area contributed by atoms with Crippen LogP contribution < -0.4 is 5.73 Å². The number of benzene rings is 1. The summed E-state index contributed by atoms with van der Waals surface area (Å²) in [5.41, 5.74) is 8.83. The van der Waals surface area contributed by atoms with Gasteiger partial charge in [0.25, 0.3) is 0 Å². The molecule has 1 aromatic carbocycles. The maximum atomic E-state index is 5.98. The Morgan fingerprint density at radius 2 is 2.05 bits per heavy atom. The van der Waals surface area contributed by atoms with Crippen LogP contribution in [-0.2, 0) is 13.1 Å². The lowest BCUT2D eigenvalue weighted by Gasteiger charge is -2.05. The van der Waals surface area contributed by atoms with Crippen LogP contribution in [0.5, 0.6) is 0 Å². The zero-order valence-corrected chi connectivity index (χ0v) is 11.4. The van der Waals surface area contributed by atoms with Gasteiger partial charge in [0.2, 0.25) is 0 Å². The molecule has 0 aliphatic carbocycles. The molecule has 2 heterocycles. The highest BCUT2D eigenvalue weighted by atomic mass is 15.3. The lowest BCUT2D eigenvalue weighted by atomic mass is 10.1. The lowest BCUT2D eigenvalue weighted by molar-refractivity contribution is 0.526. The van der Waals surface area contributed by atoms with E-state index in [0.717, 1.165) is 35.7 Å². The largest absolute Gasteiger partial charge is 0.398 e. The quantitative estimate of drug-likeness (QED) is 0.738. The van der Waals surface area contributed by atoms with Crippen LogP contribution in [0.1, 0.15) is 5.82 Å². The van der Waals surface area contributed by atoms with Crippen molar-refractivity contribution in [3.63, 3.8) is 0 Å². The molecule has 102 valence electrons. The molecule has 0 saturated heterocycles. The first kappa shape index (κ1) is 12.5. The second-order valence-corrected chi connectivity index (χ2v) is 4.75. The number of imidazole rings is 1. The van der Waals surface area contributed by atoms with Crippen LogP contribution >= 0.6 is 0 Å². The topological polar surface area (TPSA) is 61.7 Å². The summed E-state index contributed by atoms with van der Waals surface area (Å²) < 4.78 is 4.04. The van der Waals surface area contributed by atoms with Crippen molar-refractivity contribution >= 4 is 5.69 Å². The van der Waals surface area contributed by atoms with Gasteiger partial charge in [-0.1, -0.05) is 18.2 Å². The van der Waals surface area contributed by atoms with Crippen LogP contribution in [0.3, 0.4) is 0 Å². The maximum absolute atomic E-state index is 5.98. The van der Waals surface area contributed by atoms with E-state index in [1.54, 1.807) is 0 Å². The minimum absolute atomic E-state index is 0.775. The van der Waals surface area contributed by atoms with Gasteiger partial charge in [-0.15, -0.1) is 0 Å². The summed E-state index contributed by atoms with van der Waals surface area (Å²) in [7, 11) is 0. The molecule has 0 fully saturated rings. The van der Waals surface area contributed by atoms with Gasteiger partial charge < -0.3 is 10.3 Å². The average molecular weight is 267 g/mol. The molecule has 3 rings (SSSR count). The summed E-state index contributed by atoms with van der Waals surface area (Å²) in [6.45, 7) is 3.67. The van der Waals surface area contributed by atoms with Gasteiger partial charge in [0.1, 0.15) is 5.82 Å². The smallest absolute Gasteiger partial charge is 0.105 e. The van der Waals surface area contributed by atoms with Crippen molar-refractivity contribution in [3.05, 3.63) is 54.9 Å². The normalized spacial score (nSPS) is 10.8.